The van der Waals surface area contributed by atoms with Crippen molar-refractivity contribution in [2.75, 3.05) is 11.1 Å². The Balaban J connectivity index is 1.57. The average Bonchev–Trinajstić information content (AvgIpc) is 3.13. The first-order chi connectivity index (χ1) is 10.9. The van der Waals surface area contributed by atoms with Gasteiger partial charge < -0.3 is 16.4 Å². The van der Waals surface area contributed by atoms with Gasteiger partial charge in [-0.05, 0) is 68.6 Å². The normalized spacial score (nSPS) is 26.8. The number of carbonyl (C=O) groups is 2. The maximum atomic E-state index is 12.2. The van der Waals surface area contributed by atoms with Crippen LogP contribution in [0.2, 0.25) is 0 Å². The summed E-state index contributed by atoms with van der Waals surface area (Å²) < 4.78 is 0. The van der Waals surface area contributed by atoms with Gasteiger partial charge in [-0.2, -0.15) is 0 Å². The van der Waals surface area contributed by atoms with Crippen LogP contribution in [0.3, 0.4) is 0 Å². The Bertz CT molecular complexity index is 629. The molecule has 2 fully saturated rings. The zero-order valence-electron chi connectivity index (χ0n) is 13.8. The van der Waals surface area contributed by atoms with Gasteiger partial charge in [-0.3, -0.25) is 9.59 Å². The highest BCUT2D eigenvalue weighted by Crippen LogP contribution is 2.49. The largest absolute Gasteiger partial charge is 0.397 e. The molecule has 0 heterocycles. The van der Waals surface area contributed by atoms with E-state index in [0.717, 1.165) is 11.5 Å². The van der Waals surface area contributed by atoms with Gasteiger partial charge in [0.25, 0.3) is 0 Å². The molecule has 124 valence electrons. The van der Waals surface area contributed by atoms with Crippen molar-refractivity contribution in [2.24, 2.45) is 17.8 Å². The Morgan fingerprint density at radius 3 is 2.65 bits per heavy atom. The average molecular weight is 315 g/mol. The van der Waals surface area contributed by atoms with Crippen LogP contribution in [-0.2, 0) is 9.59 Å². The number of rotatable bonds is 3. The first kappa shape index (κ1) is 15.8. The number of nitrogens with one attached hydrogen (secondary N) is 2. The molecular formula is C18H25N3O2. The minimum Gasteiger partial charge on any atom is -0.397 e. The number of carbonyl (C=O) groups excluding carboxylic acids is 2. The van der Waals surface area contributed by atoms with Crippen LogP contribution in [0.5, 0.6) is 0 Å². The fourth-order valence-electron chi connectivity index (χ4n) is 4.24. The van der Waals surface area contributed by atoms with Crippen LogP contribution in [0.1, 0.15) is 38.2 Å². The fourth-order valence-corrected chi connectivity index (χ4v) is 4.24. The third-order valence-corrected chi connectivity index (χ3v) is 5.46. The minimum absolute atomic E-state index is 0.0402. The van der Waals surface area contributed by atoms with Gasteiger partial charge in [0.1, 0.15) is 0 Å². The summed E-state index contributed by atoms with van der Waals surface area (Å²) in [4.78, 5) is 24.3. The van der Waals surface area contributed by atoms with Gasteiger partial charge in [-0.15, -0.1) is 0 Å². The van der Waals surface area contributed by atoms with Crippen LogP contribution < -0.4 is 16.4 Å². The van der Waals surface area contributed by atoms with Crippen molar-refractivity contribution in [3.63, 3.8) is 0 Å². The number of anilines is 2. The zero-order valence-corrected chi connectivity index (χ0v) is 13.8. The van der Waals surface area contributed by atoms with Crippen LogP contribution in [0.15, 0.2) is 18.2 Å². The number of amides is 2. The summed E-state index contributed by atoms with van der Waals surface area (Å²) in [5.41, 5.74) is 7.75. The second kappa shape index (κ2) is 6.22. The highest BCUT2D eigenvalue weighted by atomic mass is 16.2. The molecule has 5 heteroatoms. The molecule has 2 aliphatic rings. The molecule has 0 aliphatic heterocycles. The Morgan fingerprint density at radius 2 is 2.00 bits per heavy atom. The highest BCUT2D eigenvalue weighted by molar-refractivity contribution is 6.40. The molecule has 23 heavy (non-hydrogen) atoms. The second-order valence-electron chi connectivity index (χ2n) is 7.15. The van der Waals surface area contributed by atoms with E-state index in [1.807, 2.05) is 19.9 Å². The molecule has 1 aromatic rings. The molecule has 3 rings (SSSR count). The summed E-state index contributed by atoms with van der Waals surface area (Å²) in [7, 11) is 0. The first-order valence-electron chi connectivity index (χ1n) is 8.42. The summed E-state index contributed by atoms with van der Waals surface area (Å²) in [5, 5.41) is 5.47. The van der Waals surface area contributed by atoms with Gasteiger partial charge in [0.15, 0.2) is 0 Å². The van der Waals surface area contributed by atoms with E-state index in [1.165, 1.54) is 25.7 Å². The van der Waals surface area contributed by atoms with Crippen molar-refractivity contribution in [3.05, 3.63) is 23.8 Å². The Kier molecular flexibility index (Phi) is 4.28. The van der Waals surface area contributed by atoms with Crippen LogP contribution in [0.25, 0.3) is 0 Å². The first-order valence-corrected chi connectivity index (χ1v) is 8.42. The lowest BCUT2D eigenvalue weighted by Crippen LogP contribution is -2.45. The molecule has 2 saturated carbocycles. The number of hydrogen-bond donors (Lipinski definition) is 3. The van der Waals surface area contributed by atoms with E-state index in [0.29, 0.717) is 23.2 Å². The summed E-state index contributed by atoms with van der Waals surface area (Å²) in [6.45, 7) is 3.92. The van der Waals surface area contributed by atoms with Crippen molar-refractivity contribution in [2.45, 2.75) is 45.6 Å². The number of aryl methyl sites for hydroxylation is 1. The smallest absolute Gasteiger partial charge is 0.313 e. The number of benzene rings is 1. The van der Waals surface area contributed by atoms with Gasteiger partial charge in [-0.1, -0.05) is 12.5 Å². The lowest BCUT2D eigenvalue weighted by molar-refractivity contribution is -0.136. The van der Waals surface area contributed by atoms with Crippen LogP contribution in [0, 0.1) is 24.7 Å². The monoisotopic (exact) mass is 315 g/mol. The predicted octanol–water partition coefficient (Wildman–Crippen LogP) is 2.46. The number of hydrogen-bond acceptors (Lipinski definition) is 3. The molecule has 2 aliphatic carbocycles. The van der Waals surface area contributed by atoms with Crippen LogP contribution in [0.4, 0.5) is 11.4 Å². The number of nitrogens with two attached hydrogens (primary N) is 1. The van der Waals surface area contributed by atoms with E-state index in [4.69, 9.17) is 5.73 Å². The van der Waals surface area contributed by atoms with E-state index in [2.05, 4.69) is 10.6 Å². The predicted molar refractivity (Wildman–Crippen MR) is 90.8 cm³/mol. The van der Waals surface area contributed by atoms with E-state index in [-0.39, 0.29) is 6.04 Å². The molecule has 0 radical (unpaired) electrons. The minimum atomic E-state index is -0.655. The topological polar surface area (TPSA) is 84.2 Å². The Labute approximate surface area is 137 Å². The molecule has 4 unspecified atom stereocenters. The van der Waals surface area contributed by atoms with Crippen molar-refractivity contribution >= 4 is 23.2 Å². The standard InChI is InChI=1S/C18H25N3O2/c1-10-3-6-15(19)16(7-10)21-18(23)17(22)20-11(2)14-9-12-4-5-13(14)8-12/h3,6-7,11-14H,4-5,8-9,19H2,1-2H3,(H,20,22)(H,21,23). The van der Waals surface area contributed by atoms with Crippen molar-refractivity contribution in [1.29, 1.82) is 0 Å². The molecule has 4 atom stereocenters. The van der Waals surface area contributed by atoms with Crippen molar-refractivity contribution in [1.82, 2.24) is 5.32 Å². The van der Waals surface area contributed by atoms with Crippen LogP contribution in [-0.4, -0.2) is 17.9 Å². The van der Waals surface area contributed by atoms with Gasteiger partial charge in [0.05, 0.1) is 11.4 Å². The third-order valence-electron chi connectivity index (χ3n) is 5.46. The van der Waals surface area contributed by atoms with Crippen LogP contribution >= 0.6 is 0 Å². The fraction of sp³-hybridized carbons (Fsp3) is 0.556. The molecule has 2 bridgehead atoms. The Hall–Kier alpha value is -2.04. The summed E-state index contributed by atoms with van der Waals surface area (Å²) in [5.74, 6) is 0.809. The summed E-state index contributed by atoms with van der Waals surface area (Å²) in [6.07, 6.45) is 5.06. The molecule has 5 nitrogen and oxygen atoms in total. The molecule has 0 saturated heterocycles. The maximum Gasteiger partial charge on any atom is 0.313 e. The highest BCUT2D eigenvalue weighted by Gasteiger charge is 2.42. The quantitative estimate of drug-likeness (QED) is 0.592. The van der Waals surface area contributed by atoms with E-state index >= 15 is 0 Å². The summed E-state index contributed by atoms with van der Waals surface area (Å²) in [6, 6.07) is 5.39. The van der Waals surface area contributed by atoms with Crippen molar-refractivity contribution < 1.29 is 9.59 Å². The summed E-state index contributed by atoms with van der Waals surface area (Å²) >= 11 is 0. The van der Waals surface area contributed by atoms with E-state index in [9.17, 15) is 9.59 Å². The molecule has 4 N–H and O–H groups in total. The Morgan fingerprint density at radius 1 is 1.22 bits per heavy atom. The molecular weight excluding hydrogens is 290 g/mol. The number of nitrogen functional groups attached to an aromatic ring is 1. The molecule has 0 spiro atoms. The van der Waals surface area contributed by atoms with E-state index < -0.39 is 11.8 Å². The van der Waals surface area contributed by atoms with Gasteiger partial charge >= 0.3 is 11.8 Å². The maximum absolute atomic E-state index is 12.2. The lowest BCUT2D eigenvalue weighted by Gasteiger charge is -2.28. The molecule has 1 aromatic carbocycles. The van der Waals surface area contributed by atoms with Gasteiger partial charge in [-0.25, -0.2) is 0 Å². The SMILES string of the molecule is Cc1ccc(N)c(NC(=O)C(=O)NC(C)C2CC3CCC2C3)c1. The van der Waals surface area contributed by atoms with Gasteiger partial charge in [0.2, 0.25) is 0 Å². The molecule has 0 aromatic heterocycles. The van der Waals surface area contributed by atoms with Gasteiger partial charge in [0, 0.05) is 6.04 Å². The molecule has 2 amide bonds. The lowest BCUT2D eigenvalue weighted by atomic mass is 9.84. The second-order valence-corrected chi connectivity index (χ2v) is 7.15. The third kappa shape index (κ3) is 3.33. The zero-order chi connectivity index (χ0) is 16.6. The van der Waals surface area contributed by atoms with E-state index in [1.54, 1.807) is 12.1 Å². The number of fused-ring (bicyclic) bond motifs is 2. The van der Waals surface area contributed by atoms with Crippen molar-refractivity contribution in [3.8, 4) is 0 Å².